The second-order valence-electron chi connectivity index (χ2n) is 7.29. The number of hydrogen-bond donors (Lipinski definition) is 0. The predicted molar refractivity (Wildman–Crippen MR) is 121 cm³/mol. The molecule has 4 rings (SSSR count). The zero-order chi connectivity index (χ0) is 21.8. The van der Waals surface area contributed by atoms with Gasteiger partial charge in [0.2, 0.25) is 5.91 Å². The Morgan fingerprint density at radius 2 is 1.81 bits per heavy atom. The van der Waals surface area contributed by atoms with Crippen molar-refractivity contribution in [2.45, 2.75) is 6.54 Å². The molecule has 0 saturated carbocycles. The summed E-state index contributed by atoms with van der Waals surface area (Å²) in [6, 6.07) is 18.2. The molecule has 0 radical (unpaired) electrons. The number of benzene rings is 2. The van der Waals surface area contributed by atoms with Gasteiger partial charge in [0, 0.05) is 48.5 Å². The molecule has 0 bridgehead atoms. The number of rotatable bonds is 5. The lowest BCUT2D eigenvalue weighted by atomic mass is 10.1. The van der Waals surface area contributed by atoms with Crippen LogP contribution in [-0.2, 0) is 11.3 Å². The van der Waals surface area contributed by atoms with Crippen LogP contribution in [0.5, 0.6) is 5.75 Å². The second-order valence-corrected chi connectivity index (χ2v) is 7.73. The third-order valence-electron chi connectivity index (χ3n) is 5.32. The molecule has 1 fully saturated rings. The highest BCUT2D eigenvalue weighted by atomic mass is 35.5. The number of ether oxygens (including phenoxy) is 1. The van der Waals surface area contributed by atoms with E-state index in [4.69, 9.17) is 16.3 Å². The average Bonchev–Trinajstić information content (AvgIpc) is 2.80. The highest BCUT2D eigenvalue weighted by molar-refractivity contribution is 6.30. The Hall–Kier alpha value is -3.32. The van der Waals surface area contributed by atoms with E-state index in [1.165, 1.54) is 10.7 Å². The fraction of sp³-hybridized carbons (Fsp3) is 0.261. The third kappa shape index (κ3) is 4.88. The first-order valence-corrected chi connectivity index (χ1v) is 10.4. The average molecular weight is 439 g/mol. The Balaban J connectivity index is 1.43. The quantitative estimate of drug-likeness (QED) is 0.612. The minimum Gasteiger partial charge on any atom is -0.497 e. The summed E-state index contributed by atoms with van der Waals surface area (Å²) in [5.74, 6) is 0.578. The van der Waals surface area contributed by atoms with Gasteiger partial charge in [0.05, 0.1) is 12.8 Å². The van der Waals surface area contributed by atoms with Gasteiger partial charge in [0.1, 0.15) is 12.3 Å². The number of nitrogens with zero attached hydrogens (tertiary/aromatic N) is 4. The van der Waals surface area contributed by atoms with Crippen LogP contribution in [0.4, 0.5) is 5.69 Å². The number of hydrogen-bond acceptors (Lipinski definition) is 5. The first-order valence-electron chi connectivity index (χ1n) is 10.0. The lowest BCUT2D eigenvalue weighted by Gasteiger charge is -2.36. The van der Waals surface area contributed by atoms with Crippen molar-refractivity contribution in [3.05, 3.63) is 76.0 Å². The standard InChI is InChI=1S/C23H23ClN4O3/c1-31-20-7-2-4-17(14-20)21-8-9-22(29)28(25-21)16-23(30)27-12-10-26(11-13-27)19-6-3-5-18(24)15-19/h2-9,14-15H,10-13,16H2,1H3. The van der Waals surface area contributed by atoms with Gasteiger partial charge in [0.15, 0.2) is 0 Å². The summed E-state index contributed by atoms with van der Waals surface area (Å²) in [6.07, 6.45) is 0. The fourth-order valence-electron chi connectivity index (χ4n) is 3.61. The second kappa shape index (κ2) is 9.22. The molecule has 31 heavy (non-hydrogen) atoms. The molecule has 1 aliphatic heterocycles. The summed E-state index contributed by atoms with van der Waals surface area (Å²) in [4.78, 5) is 29.1. The van der Waals surface area contributed by atoms with E-state index in [1.807, 2.05) is 48.5 Å². The van der Waals surface area contributed by atoms with Crippen molar-refractivity contribution in [2.75, 3.05) is 38.2 Å². The van der Waals surface area contributed by atoms with Gasteiger partial charge in [-0.05, 0) is 36.4 Å². The summed E-state index contributed by atoms with van der Waals surface area (Å²) in [5, 5.41) is 5.09. The zero-order valence-electron chi connectivity index (χ0n) is 17.2. The molecule has 1 aromatic heterocycles. The summed E-state index contributed by atoms with van der Waals surface area (Å²) in [6.45, 7) is 2.48. The topological polar surface area (TPSA) is 67.7 Å². The van der Waals surface area contributed by atoms with Crippen LogP contribution in [0.1, 0.15) is 0 Å². The van der Waals surface area contributed by atoms with E-state index in [1.54, 1.807) is 18.1 Å². The van der Waals surface area contributed by atoms with E-state index >= 15 is 0 Å². The summed E-state index contributed by atoms with van der Waals surface area (Å²) < 4.78 is 6.48. The molecule has 1 saturated heterocycles. The molecule has 3 aromatic rings. The van der Waals surface area contributed by atoms with E-state index in [9.17, 15) is 9.59 Å². The number of carbonyl (C=O) groups excluding carboxylic acids is 1. The lowest BCUT2D eigenvalue weighted by Crippen LogP contribution is -2.50. The van der Waals surface area contributed by atoms with Gasteiger partial charge in [-0.15, -0.1) is 0 Å². The van der Waals surface area contributed by atoms with Crippen molar-refractivity contribution in [1.29, 1.82) is 0 Å². The van der Waals surface area contributed by atoms with Gasteiger partial charge in [-0.3, -0.25) is 9.59 Å². The minimum absolute atomic E-state index is 0.0895. The largest absolute Gasteiger partial charge is 0.497 e. The number of halogens is 1. The Morgan fingerprint density at radius 1 is 1.03 bits per heavy atom. The molecule has 0 atom stereocenters. The maximum atomic E-state index is 12.8. The van der Waals surface area contributed by atoms with Crippen molar-refractivity contribution in [1.82, 2.24) is 14.7 Å². The van der Waals surface area contributed by atoms with Gasteiger partial charge >= 0.3 is 0 Å². The van der Waals surface area contributed by atoms with Crippen LogP contribution in [0, 0.1) is 0 Å². The molecule has 0 spiro atoms. The van der Waals surface area contributed by atoms with Crippen molar-refractivity contribution in [2.24, 2.45) is 0 Å². The van der Waals surface area contributed by atoms with Crippen LogP contribution in [0.25, 0.3) is 11.3 Å². The number of methoxy groups -OCH3 is 1. The highest BCUT2D eigenvalue weighted by Gasteiger charge is 2.22. The summed E-state index contributed by atoms with van der Waals surface area (Å²) >= 11 is 6.08. The number of amides is 1. The minimum atomic E-state index is -0.308. The van der Waals surface area contributed by atoms with Crippen molar-refractivity contribution in [3.8, 4) is 17.0 Å². The molecule has 8 heteroatoms. The molecule has 7 nitrogen and oxygen atoms in total. The van der Waals surface area contributed by atoms with E-state index in [0.717, 1.165) is 11.3 Å². The van der Waals surface area contributed by atoms with Crippen molar-refractivity contribution in [3.63, 3.8) is 0 Å². The molecule has 160 valence electrons. The Labute approximate surface area is 185 Å². The molecule has 0 unspecified atom stereocenters. The monoisotopic (exact) mass is 438 g/mol. The van der Waals surface area contributed by atoms with E-state index < -0.39 is 0 Å². The first-order chi connectivity index (χ1) is 15.0. The molecule has 0 N–H and O–H groups in total. The maximum absolute atomic E-state index is 12.8. The highest BCUT2D eigenvalue weighted by Crippen LogP contribution is 2.22. The van der Waals surface area contributed by atoms with Crippen LogP contribution >= 0.6 is 11.6 Å². The summed E-state index contributed by atoms with van der Waals surface area (Å²) in [7, 11) is 1.60. The van der Waals surface area contributed by atoms with Crippen LogP contribution in [0.2, 0.25) is 5.02 Å². The lowest BCUT2D eigenvalue weighted by molar-refractivity contribution is -0.132. The fourth-order valence-corrected chi connectivity index (χ4v) is 3.80. The molecular weight excluding hydrogens is 416 g/mol. The van der Waals surface area contributed by atoms with E-state index in [-0.39, 0.29) is 18.0 Å². The number of anilines is 1. The van der Waals surface area contributed by atoms with Crippen LogP contribution in [0.3, 0.4) is 0 Å². The summed E-state index contributed by atoms with van der Waals surface area (Å²) in [5.41, 5.74) is 2.16. The predicted octanol–water partition coefficient (Wildman–Crippen LogP) is 2.92. The van der Waals surface area contributed by atoms with Crippen LogP contribution in [-0.4, -0.2) is 53.9 Å². The Bertz CT molecular complexity index is 1140. The maximum Gasteiger partial charge on any atom is 0.267 e. The Morgan fingerprint density at radius 3 is 2.55 bits per heavy atom. The molecule has 1 amide bonds. The van der Waals surface area contributed by atoms with Crippen LogP contribution in [0.15, 0.2) is 65.5 Å². The third-order valence-corrected chi connectivity index (χ3v) is 5.56. The van der Waals surface area contributed by atoms with E-state index in [0.29, 0.717) is 42.6 Å². The molecular formula is C23H23ClN4O3. The van der Waals surface area contributed by atoms with Gasteiger partial charge < -0.3 is 14.5 Å². The smallest absolute Gasteiger partial charge is 0.267 e. The van der Waals surface area contributed by atoms with Gasteiger partial charge in [-0.25, -0.2) is 4.68 Å². The number of aromatic nitrogens is 2. The van der Waals surface area contributed by atoms with E-state index in [2.05, 4.69) is 10.00 Å². The number of piperazine rings is 1. The Kier molecular flexibility index (Phi) is 6.23. The first kappa shape index (κ1) is 20.9. The van der Waals surface area contributed by atoms with Crippen LogP contribution < -0.4 is 15.2 Å². The van der Waals surface area contributed by atoms with Gasteiger partial charge in [-0.1, -0.05) is 29.8 Å². The normalized spacial score (nSPS) is 13.9. The van der Waals surface area contributed by atoms with Gasteiger partial charge in [-0.2, -0.15) is 5.10 Å². The molecule has 2 aromatic carbocycles. The number of carbonyl (C=O) groups is 1. The van der Waals surface area contributed by atoms with Crippen molar-refractivity contribution >= 4 is 23.2 Å². The SMILES string of the molecule is COc1cccc(-c2ccc(=O)n(CC(=O)N3CCN(c4cccc(Cl)c4)CC3)n2)c1. The zero-order valence-corrected chi connectivity index (χ0v) is 18.0. The molecule has 1 aliphatic rings. The molecule has 2 heterocycles. The van der Waals surface area contributed by atoms with Crippen molar-refractivity contribution < 1.29 is 9.53 Å². The van der Waals surface area contributed by atoms with Gasteiger partial charge in [0.25, 0.3) is 5.56 Å². The molecule has 0 aliphatic carbocycles.